The molecule has 7 nitrogen and oxygen atoms in total. The number of ether oxygens (including phenoxy) is 1. The minimum Gasteiger partial charge on any atom is -0.380 e. The maximum absolute atomic E-state index is 13.0. The number of hydrogen-bond donors (Lipinski definition) is 0. The van der Waals surface area contributed by atoms with Gasteiger partial charge < -0.3 is 9.30 Å². The third-order valence-corrected chi connectivity index (χ3v) is 5.09. The first kappa shape index (κ1) is 19.8. The van der Waals surface area contributed by atoms with E-state index in [2.05, 4.69) is 4.99 Å². The van der Waals surface area contributed by atoms with Gasteiger partial charge in [-0.3, -0.25) is 14.9 Å². The Hall–Kier alpha value is -2.91. The fraction of sp³-hybridized carbons (Fsp3) is 0.263. The van der Waals surface area contributed by atoms with E-state index in [9.17, 15) is 19.3 Å². The molecule has 3 aromatic rings. The van der Waals surface area contributed by atoms with Crippen LogP contribution in [0.15, 0.2) is 47.5 Å². The van der Waals surface area contributed by atoms with Gasteiger partial charge in [-0.15, -0.1) is 0 Å². The van der Waals surface area contributed by atoms with Gasteiger partial charge in [0.15, 0.2) is 4.80 Å². The average molecular weight is 403 g/mol. The topological polar surface area (TPSA) is 86.7 Å². The van der Waals surface area contributed by atoms with Gasteiger partial charge in [0.05, 0.1) is 28.2 Å². The predicted octanol–water partition coefficient (Wildman–Crippen LogP) is 3.46. The van der Waals surface area contributed by atoms with Crippen molar-refractivity contribution in [1.82, 2.24) is 4.57 Å². The number of non-ortho nitro benzene ring substituents is 1. The number of thiazole rings is 1. The quantitative estimate of drug-likeness (QED) is 0.343. The van der Waals surface area contributed by atoms with Gasteiger partial charge in [-0.05, 0) is 30.7 Å². The number of nitro benzene ring substituents is 1. The van der Waals surface area contributed by atoms with Crippen LogP contribution in [-0.2, 0) is 22.5 Å². The van der Waals surface area contributed by atoms with Gasteiger partial charge in [0, 0.05) is 25.3 Å². The lowest BCUT2D eigenvalue weighted by molar-refractivity contribution is -0.384. The normalized spacial score (nSPS) is 11.9. The van der Waals surface area contributed by atoms with E-state index in [-0.39, 0.29) is 23.8 Å². The van der Waals surface area contributed by atoms with E-state index in [0.717, 1.165) is 4.70 Å². The lowest BCUT2D eigenvalue weighted by Gasteiger charge is -2.05. The molecule has 0 saturated carbocycles. The van der Waals surface area contributed by atoms with Crippen LogP contribution in [0.2, 0.25) is 0 Å². The summed E-state index contributed by atoms with van der Waals surface area (Å²) in [6, 6.07) is 10.2. The van der Waals surface area contributed by atoms with Crippen LogP contribution in [-0.4, -0.2) is 28.6 Å². The van der Waals surface area contributed by atoms with E-state index in [4.69, 9.17) is 4.74 Å². The van der Waals surface area contributed by atoms with Crippen molar-refractivity contribution in [3.63, 3.8) is 0 Å². The van der Waals surface area contributed by atoms with E-state index in [1.54, 1.807) is 22.8 Å². The summed E-state index contributed by atoms with van der Waals surface area (Å²) in [7, 11) is 0. The van der Waals surface area contributed by atoms with E-state index >= 15 is 0 Å². The molecule has 0 spiro atoms. The molecule has 0 atom stereocenters. The van der Waals surface area contributed by atoms with Gasteiger partial charge in [-0.2, -0.15) is 4.99 Å². The highest BCUT2D eigenvalue weighted by molar-refractivity contribution is 7.16. The lowest BCUT2D eigenvalue weighted by Crippen LogP contribution is -2.20. The first-order valence-corrected chi connectivity index (χ1v) is 9.47. The summed E-state index contributed by atoms with van der Waals surface area (Å²) in [5.74, 6) is -0.745. The number of benzene rings is 2. The van der Waals surface area contributed by atoms with Crippen molar-refractivity contribution in [2.45, 2.75) is 19.9 Å². The van der Waals surface area contributed by atoms with Crippen LogP contribution in [0.4, 0.5) is 10.1 Å². The zero-order chi connectivity index (χ0) is 20.1. The van der Waals surface area contributed by atoms with Crippen LogP contribution in [0.5, 0.6) is 0 Å². The van der Waals surface area contributed by atoms with Crippen molar-refractivity contribution in [2.75, 3.05) is 13.2 Å². The molecule has 0 bridgehead atoms. The van der Waals surface area contributed by atoms with E-state index < -0.39 is 4.92 Å². The molecule has 1 heterocycles. The molecule has 1 aromatic heterocycles. The molecule has 0 aliphatic heterocycles. The summed E-state index contributed by atoms with van der Waals surface area (Å²) in [6.07, 6.45) is 0.0418. The van der Waals surface area contributed by atoms with Crippen molar-refractivity contribution in [3.05, 3.63) is 68.8 Å². The Morgan fingerprint density at radius 1 is 1.29 bits per heavy atom. The number of fused-ring (bicyclic) bond motifs is 1. The largest absolute Gasteiger partial charge is 0.380 e. The Morgan fingerprint density at radius 3 is 2.71 bits per heavy atom. The smallest absolute Gasteiger partial charge is 0.271 e. The number of nitro groups is 1. The minimum absolute atomic E-state index is 0.0281. The van der Waals surface area contributed by atoms with Crippen molar-refractivity contribution in [3.8, 4) is 0 Å². The number of nitrogens with zero attached hydrogens (tertiary/aromatic N) is 3. The van der Waals surface area contributed by atoms with Gasteiger partial charge in [-0.25, -0.2) is 4.39 Å². The molecule has 146 valence electrons. The third-order valence-electron chi connectivity index (χ3n) is 4.03. The van der Waals surface area contributed by atoms with Gasteiger partial charge in [0.25, 0.3) is 11.6 Å². The van der Waals surface area contributed by atoms with Crippen molar-refractivity contribution in [1.29, 1.82) is 0 Å². The van der Waals surface area contributed by atoms with Crippen LogP contribution in [0.1, 0.15) is 12.5 Å². The predicted molar refractivity (Wildman–Crippen MR) is 104 cm³/mol. The third kappa shape index (κ3) is 4.68. The molecule has 0 fully saturated rings. The van der Waals surface area contributed by atoms with Crippen LogP contribution in [0, 0.1) is 15.9 Å². The van der Waals surface area contributed by atoms with E-state index in [1.165, 1.54) is 35.6 Å². The molecule has 0 unspecified atom stereocenters. The molecule has 0 aliphatic rings. The Balaban J connectivity index is 1.98. The SMILES string of the molecule is CCOCCn1c(=NC(=O)Cc2ccc(F)cc2)sc2ccc([N+](=O)[O-])cc21. The monoisotopic (exact) mass is 403 g/mol. The number of aromatic nitrogens is 1. The van der Waals surface area contributed by atoms with E-state index in [0.29, 0.717) is 35.6 Å². The number of rotatable bonds is 7. The minimum atomic E-state index is -0.458. The second-order valence-electron chi connectivity index (χ2n) is 5.95. The molecule has 3 rings (SSSR count). The molecule has 28 heavy (non-hydrogen) atoms. The number of carbonyl (C=O) groups excluding carboxylic acids is 1. The fourth-order valence-electron chi connectivity index (χ4n) is 2.70. The summed E-state index contributed by atoms with van der Waals surface area (Å²) < 4.78 is 20.9. The molecule has 0 aliphatic carbocycles. The molecule has 1 amide bonds. The lowest BCUT2D eigenvalue weighted by atomic mass is 10.1. The zero-order valence-electron chi connectivity index (χ0n) is 15.1. The van der Waals surface area contributed by atoms with Gasteiger partial charge in [0.2, 0.25) is 0 Å². The summed E-state index contributed by atoms with van der Waals surface area (Å²) in [5, 5.41) is 11.1. The average Bonchev–Trinajstić information content (AvgIpc) is 3.00. The molecule has 0 N–H and O–H groups in total. The highest BCUT2D eigenvalue weighted by atomic mass is 32.1. The Morgan fingerprint density at radius 2 is 2.04 bits per heavy atom. The summed E-state index contributed by atoms with van der Waals surface area (Å²) in [5.41, 5.74) is 1.26. The first-order valence-electron chi connectivity index (χ1n) is 8.65. The maximum Gasteiger partial charge on any atom is 0.271 e. The summed E-state index contributed by atoms with van der Waals surface area (Å²) >= 11 is 1.28. The highest BCUT2D eigenvalue weighted by Gasteiger charge is 2.13. The van der Waals surface area contributed by atoms with E-state index in [1.807, 2.05) is 6.92 Å². The second-order valence-corrected chi connectivity index (χ2v) is 6.96. The highest BCUT2D eigenvalue weighted by Crippen LogP contribution is 2.23. The molecule has 0 radical (unpaired) electrons. The fourth-order valence-corrected chi connectivity index (χ4v) is 3.75. The standard InChI is InChI=1S/C19H18FN3O4S/c1-2-27-10-9-22-16-12-15(23(25)26)7-8-17(16)28-19(22)21-18(24)11-13-3-5-14(20)6-4-13/h3-8,12H,2,9-11H2,1H3. The van der Waals surface area contributed by atoms with Crippen LogP contribution < -0.4 is 4.80 Å². The number of halogens is 1. The molecule has 9 heteroatoms. The van der Waals surface area contributed by atoms with Crippen LogP contribution in [0.3, 0.4) is 0 Å². The van der Waals surface area contributed by atoms with Crippen LogP contribution >= 0.6 is 11.3 Å². The Bertz CT molecular complexity index is 1070. The zero-order valence-corrected chi connectivity index (χ0v) is 15.9. The van der Waals surface area contributed by atoms with Gasteiger partial charge in [0.1, 0.15) is 5.82 Å². The first-order chi connectivity index (χ1) is 13.5. The molecule has 2 aromatic carbocycles. The Labute approximate surface area is 163 Å². The van der Waals surface area contributed by atoms with Gasteiger partial charge in [-0.1, -0.05) is 23.5 Å². The molecular weight excluding hydrogens is 385 g/mol. The second kappa shape index (κ2) is 8.85. The van der Waals surface area contributed by atoms with Crippen molar-refractivity contribution < 1.29 is 18.8 Å². The number of hydrogen-bond acceptors (Lipinski definition) is 5. The molecular formula is C19H18FN3O4S. The summed E-state index contributed by atoms with van der Waals surface area (Å²) in [6.45, 7) is 3.22. The van der Waals surface area contributed by atoms with Crippen molar-refractivity contribution >= 4 is 33.1 Å². The molecule has 0 saturated heterocycles. The van der Waals surface area contributed by atoms with Crippen LogP contribution in [0.25, 0.3) is 10.2 Å². The number of carbonyl (C=O) groups is 1. The van der Waals surface area contributed by atoms with Crippen molar-refractivity contribution in [2.24, 2.45) is 4.99 Å². The number of amides is 1. The van der Waals surface area contributed by atoms with Gasteiger partial charge >= 0.3 is 0 Å². The Kier molecular flexibility index (Phi) is 6.27. The summed E-state index contributed by atoms with van der Waals surface area (Å²) in [4.78, 5) is 27.7. The maximum atomic E-state index is 13.0.